The average molecular weight is 390 g/mol. The zero-order valence-corrected chi connectivity index (χ0v) is 16.8. The van der Waals surface area contributed by atoms with Crippen LogP contribution in [-0.2, 0) is 9.84 Å². The van der Waals surface area contributed by atoms with E-state index in [9.17, 15) is 8.42 Å². The van der Waals surface area contributed by atoms with Crippen LogP contribution in [0.4, 0.5) is 0 Å². The Bertz CT molecular complexity index is 757. The van der Waals surface area contributed by atoms with Crippen LogP contribution in [0.1, 0.15) is 50.0 Å². The summed E-state index contributed by atoms with van der Waals surface area (Å²) in [4.78, 5) is 7.30. The molecule has 1 aromatic carbocycles. The molecule has 148 valence electrons. The predicted octanol–water partition coefficient (Wildman–Crippen LogP) is 2.80. The number of sulfone groups is 1. The van der Waals surface area contributed by atoms with Gasteiger partial charge in [-0.1, -0.05) is 43.2 Å². The van der Waals surface area contributed by atoms with E-state index in [1.807, 2.05) is 0 Å². The number of nitrogens with zero attached hydrogens (tertiary/aromatic N) is 2. The van der Waals surface area contributed by atoms with Gasteiger partial charge >= 0.3 is 0 Å². The average Bonchev–Trinajstić information content (AvgIpc) is 3.40. The smallest absolute Gasteiger partial charge is 0.194 e. The van der Waals surface area contributed by atoms with E-state index in [4.69, 9.17) is 4.99 Å². The minimum absolute atomic E-state index is 0.183. The molecule has 0 bridgehead atoms. The summed E-state index contributed by atoms with van der Waals surface area (Å²) in [6, 6.07) is 11.3. The maximum Gasteiger partial charge on any atom is 0.194 e. The number of rotatable bonds is 4. The third-order valence-corrected chi connectivity index (χ3v) is 8.11. The molecule has 4 rings (SSSR count). The lowest BCUT2D eigenvalue weighted by molar-refractivity contribution is 0.461. The lowest BCUT2D eigenvalue weighted by Crippen LogP contribution is -2.44. The molecule has 5 nitrogen and oxygen atoms in total. The lowest BCUT2D eigenvalue weighted by atomic mass is 9.99. The fourth-order valence-corrected chi connectivity index (χ4v) is 6.52. The lowest BCUT2D eigenvalue weighted by Gasteiger charge is -2.25. The van der Waals surface area contributed by atoms with E-state index in [0.29, 0.717) is 30.0 Å². The summed E-state index contributed by atoms with van der Waals surface area (Å²) in [6.45, 7) is 2.63. The highest BCUT2D eigenvalue weighted by molar-refractivity contribution is 7.91. The van der Waals surface area contributed by atoms with Crippen LogP contribution in [0.2, 0.25) is 0 Å². The fourth-order valence-electron chi connectivity index (χ4n) is 4.67. The van der Waals surface area contributed by atoms with Crippen molar-refractivity contribution in [1.29, 1.82) is 0 Å². The molecule has 0 aromatic heterocycles. The van der Waals surface area contributed by atoms with Gasteiger partial charge < -0.3 is 10.2 Å². The first kappa shape index (κ1) is 18.8. The number of aliphatic imine (C=N–C) groups is 1. The normalized spacial score (nSPS) is 28.7. The molecule has 6 heteroatoms. The van der Waals surface area contributed by atoms with Crippen molar-refractivity contribution in [2.24, 2.45) is 10.9 Å². The highest BCUT2D eigenvalue weighted by Crippen LogP contribution is 2.28. The van der Waals surface area contributed by atoms with E-state index in [0.717, 1.165) is 31.9 Å². The number of benzene rings is 1. The van der Waals surface area contributed by atoms with Crippen LogP contribution >= 0.6 is 0 Å². The maximum atomic E-state index is 11.7. The van der Waals surface area contributed by atoms with E-state index < -0.39 is 9.84 Å². The largest absolute Gasteiger partial charge is 0.354 e. The molecule has 2 unspecified atom stereocenters. The number of nitrogens with one attached hydrogen (secondary N) is 1. The molecule has 0 amide bonds. The van der Waals surface area contributed by atoms with Gasteiger partial charge in [-0.3, -0.25) is 4.99 Å². The van der Waals surface area contributed by atoms with Crippen molar-refractivity contribution in [3.63, 3.8) is 0 Å². The monoisotopic (exact) mass is 389 g/mol. The Hall–Kier alpha value is -1.56. The maximum absolute atomic E-state index is 11.7. The van der Waals surface area contributed by atoms with Crippen LogP contribution in [0.5, 0.6) is 0 Å². The summed E-state index contributed by atoms with van der Waals surface area (Å²) in [5.74, 6) is 2.37. The van der Waals surface area contributed by atoms with Crippen LogP contribution in [0.3, 0.4) is 0 Å². The molecule has 1 N–H and O–H groups in total. The number of hydrogen-bond acceptors (Lipinski definition) is 3. The Labute approximate surface area is 163 Å². The minimum atomic E-state index is -2.83. The van der Waals surface area contributed by atoms with Crippen molar-refractivity contribution in [2.45, 2.75) is 50.5 Å². The molecule has 1 aromatic rings. The van der Waals surface area contributed by atoms with Crippen molar-refractivity contribution in [3.8, 4) is 0 Å². The van der Waals surface area contributed by atoms with Gasteiger partial charge in [0.05, 0.1) is 11.5 Å². The zero-order valence-electron chi connectivity index (χ0n) is 16.0. The topological polar surface area (TPSA) is 61.8 Å². The molecule has 27 heavy (non-hydrogen) atoms. The van der Waals surface area contributed by atoms with Gasteiger partial charge in [0.2, 0.25) is 0 Å². The minimum Gasteiger partial charge on any atom is -0.354 e. The van der Waals surface area contributed by atoms with Gasteiger partial charge in [-0.05, 0) is 37.2 Å². The second-order valence-electron chi connectivity index (χ2n) is 8.40. The van der Waals surface area contributed by atoms with Crippen LogP contribution in [0.25, 0.3) is 0 Å². The summed E-state index contributed by atoms with van der Waals surface area (Å²) < 4.78 is 23.5. The highest BCUT2D eigenvalue weighted by Gasteiger charge is 2.30. The van der Waals surface area contributed by atoms with Crippen molar-refractivity contribution < 1.29 is 8.42 Å². The van der Waals surface area contributed by atoms with E-state index in [2.05, 4.69) is 40.5 Å². The van der Waals surface area contributed by atoms with Gasteiger partial charge in [0.25, 0.3) is 0 Å². The number of likely N-dealkylation sites (tertiary alicyclic amines) is 1. The van der Waals surface area contributed by atoms with E-state index in [1.54, 1.807) is 0 Å². The summed E-state index contributed by atoms with van der Waals surface area (Å²) >= 11 is 0. The molecule has 2 atom stereocenters. The molecule has 0 spiro atoms. The molecular weight excluding hydrogens is 358 g/mol. The Balaban J connectivity index is 1.43. The van der Waals surface area contributed by atoms with Crippen LogP contribution < -0.4 is 5.32 Å². The third kappa shape index (κ3) is 4.84. The summed E-state index contributed by atoms with van der Waals surface area (Å²) in [5.41, 5.74) is 1.40. The van der Waals surface area contributed by atoms with Crippen LogP contribution in [-0.4, -0.2) is 56.5 Å². The van der Waals surface area contributed by atoms with Gasteiger partial charge in [-0.15, -0.1) is 0 Å². The third-order valence-electron chi connectivity index (χ3n) is 6.27. The molecule has 3 aliphatic rings. The Morgan fingerprint density at radius 1 is 1.11 bits per heavy atom. The van der Waals surface area contributed by atoms with Crippen molar-refractivity contribution >= 4 is 15.8 Å². The number of hydrogen-bond donors (Lipinski definition) is 1. The van der Waals surface area contributed by atoms with Gasteiger partial charge in [-0.2, -0.15) is 0 Å². The Morgan fingerprint density at radius 3 is 2.59 bits per heavy atom. The zero-order chi connectivity index (χ0) is 18.7. The van der Waals surface area contributed by atoms with E-state index in [-0.39, 0.29) is 5.92 Å². The molecule has 3 fully saturated rings. The van der Waals surface area contributed by atoms with Gasteiger partial charge in [0.15, 0.2) is 15.8 Å². The molecule has 2 heterocycles. The molecule has 2 saturated heterocycles. The van der Waals surface area contributed by atoms with Gasteiger partial charge in [-0.25, -0.2) is 8.42 Å². The first-order valence-electron chi connectivity index (χ1n) is 10.4. The van der Waals surface area contributed by atoms with Crippen molar-refractivity contribution in [2.75, 3.05) is 31.1 Å². The van der Waals surface area contributed by atoms with Crippen LogP contribution in [0.15, 0.2) is 35.3 Å². The first-order chi connectivity index (χ1) is 13.1. The highest BCUT2D eigenvalue weighted by atomic mass is 32.2. The Morgan fingerprint density at radius 2 is 1.89 bits per heavy atom. The second kappa shape index (κ2) is 8.21. The molecule has 1 aliphatic carbocycles. The standard InChI is InChI=1S/C21H31N3O2S/c25-27(26)13-11-17(16-27)14-22-21(23-20-8-4-5-9-20)24-12-10-19(15-24)18-6-2-1-3-7-18/h1-3,6-7,17,19-20H,4-5,8-16H2,(H,22,23). The first-order valence-corrected chi connectivity index (χ1v) is 12.2. The quantitative estimate of drug-likeness (QED) is 0.635. The Kier molecular flexibility index (Phi) is 5.71. The van der Waals surface area contributed by atoms with Gasteiger partial charge in [0.1, 0.15) is 0 Å². The molecule has 1 saturated carbocycles. The van der Waals surface area contributed by atoms with E-state index in [1.165, 1.54) is 31.2 Å². The van der Waals surface area contributed by atoms with E-state index >= 15 is 0 Å². The molecule has 2 aliphatic heterocycles. The summed E-state index contributed by atoms with van der Waals surface area (Å²) in [7, 11) is -2.83. The predicted molar refractivity (Wildman–Crippen MR) is 110 cm³/mol. The molecular formula is C21H31N3O2S. The number of guanidine groups is 1. The molecule has 0 radical (unpaired) electrons. The summed E-state index contributed by atoms with van der Waals surface area (Å²) in [5, 5.41) is 3.70. The van der Waals surface area contributed by atoms with Crippen molar-refractivity contribution in [3.05, 3.63) is 35.9 Å². The second-order valence-corrected chi connectivity index (χ2v) is 10.6. The van der Waals surface area contributed by atoms with Crippen molar-refractivity contribution in [1.82, 2.24) is 10.2 Å². The SMILES string of the molecule is O=S1(=O)CCC(CN=C(NC2CCCC2)N2CCC(c3ccccc3)C2)C1. The fraction of sp³-hybridized carbons (Fsp3) is 0.667. The van der Waals surface area contributed by atoms with Crippen LogP contribution in [0, 0.1) is 5.92 Å². The summed E-state index contributed by atoms with van der Waals surface area (Å²) in [6.07, 6.45) is 6.92. The van der Waals surface area contributed by atoms with Gasteiger partial charge in [0, 0.05) is 31.6 Å².